The fraction of sp³-hybridized carbons (Fsp3) is 0.929. The minimum atomic E-state index is -0.238. The normalized spacial score (nSPS) is 19.6. The lowest BCUT2D eigenvalue weighted by atomic mass is 9.84. The average molecular weight is 225 g/mol. The average Bonchev–Trinajstić information content (AvgIpc) is 2.81. The summed E-state index contributed by atoms with van der Waals surface area (Å²) in [5.41, 5.74) is -0.224. The maximum atomic E-state index is 12.3. The highest BCUT2D eigenvalue weighted by molar-refractivity contribution is 5.88. The molecule has 1 saturated carbocycles. The van der Waals surface area contributed by atoms with Gasteiger partial charge in [-0.1, -0.05) is 33.6 Å². The van der Waals surface area contributed by atoms with E-state index >= 15 is 0 Å². The molecule has 1 aliphatic rings. The van der Waals surface area contributed by atoms with Crippen molar-refractivity contribution in [2.45, 2.75) is 72.4 Å². The second-order valence-corrected chi connectivity index (χ2v) is 7.24. The lowest BCUT2D eigenvalue weighted by Crippen LogP contribution is -2.51. The number of hydrogen-bond acceptors (Lipinski definition) is 2. The lowest BCUT2D eigenvalue weighted by molar-refractivity contribution is -0.129. The van der Waals surface area contributed by atoms with Crippen molar-refractivity contribution in [3.63, 3.8) is 0 Å². The Morgan fingerprint density at radius 3 is 2.00 bits per heavy atom. The standard InChI is InChI=1S/C14H27NO/c1-13(2,3)12(16)11(9-10-7-8-10)15-14(4,5)6/h10-11,15H,7-9H2,1-6H3/t11-/m1/s1. The first-order valence-electron chi connectivity index (χ1n) is 6.41. The molecule has 0 aromatic heterocycles. The van der Waals surface area contributed by atoms with E-state index in [2.05, 4.69) is 26.1 Å². The molecule has 94 valence electrons. The van der Waals surface area contributed by atoms with Gasteiger partial charge < -0.3 is 5.32 Å². The van der Waals surface area contributed by atoms with E-state index in [4.69, 9.17) is 0 Å². The SMILES string of the molecule is CC(C)(C)N[C@H](CC1CC1)C(=O)C(C)(C)C. The summed E-state index contributed by atoms with van der Waals surface area (Å²) in [5.74, 6) is 1.14. The Morgan fingerprint density at radius 1 is 1.19 bits per heavy atom. The van der Waals surface area contributed by atoms with Crippen molar-refractivity contribution in [1.29, 1.82) is 0 Å². The highest BCUT2D eigenvalue weighted by Gasteiger charge is 2.35. The minimum absolute atomic E-state index is 0.0144. The third-order valence-electron chi connectivity index (χ3n) is 2.93. The Morgan fingerprint density at radius 2 is 1.69 bits per heavy atom. The number of hydrogen-bond donors (Lipinski definition) is 1. The molecule has 0 bridgehead atoms. The fourth-order valence-corrected chi connectivity index (χ4v) is 1.96. The topological polar surface area (TPSA) is 29.1 Å². The van der Waals surface area contributed by atoms with Crippen LogP contribution in [0.4, 0.5) is 0 Å². The van der Waals surface area contributed by atoms with Crippen molar-refractivity contribution in [1.82, 2.24) is 5.32 Å². The Bertz CT molecular complexity index is 253. The molecule has 1 rings (SSSR count). The van der Waals surface area contributed by atoms with Crippen LogP contribution in [0.2, 0.25) is 0 Å². The van der Waals surface area contributed by atoms with Gasteiger partial charge in [-0.25, -0.2) is 0 Å². The van der Waals surface area contributed by atoms with Gasteiger partial charge in [0, 0.05) is 11.0 Å². The zero-order chi connectivity index (χ0) is 12.6. The first-order chi connectivity index (χ1) is 7.09. The molecule has 2 heteroatoms. The number of Topliss-reactive ketones (excluding diaryl/α,β-unsaturated/α-hetero) is 1. The van der Waals surface area contributed by atoms with Gasteiger partial charge in [0.25, 0.3) is 0 Å². The van der Waals surface area contributed by atoms with Crippen molar-refractivity contribution in [3.8, 4) is 0 Å². The van der Waals surface area contributed by atoms with Crippen LogP contribution in [-0.4, -0.2) is 17.4 Å². The molecule has 0 heterocycles. The highest BCUT2D eigenvalue weighted by atomic mass is 16.1. The van der Waals surface area contributed by atoms with Crippen molar-refractivity contribution < 1.29 is 4.79 Å². The summed E-state index contributed by atoms with van der Waals surface area (Å²) in [6, 6.07) is 0.0347. The summed E-state index contributed by atoms with van der Waals surface area (Å²) in [4.78, 5) is 12.3. The molecule has 1 fully saturated rings. The maximum absolute atomic E-state index is 12.3. The molecular weight excluding hydrogens is 198 g/mol. The maximum Gasteiger partial charge on any atom is 0.155 e. The molecule has 0 radical (unpaired) electrons. The van der Waals surface area contributed by atoms with Crippen molar-refractivity contribution >= 4 is 5.78 Å². The quantitative estimate of drug-likeness (QED) is 0.796. The summed E-state index contributed by atoms with van der Waals surface area (Å²) in [5, 5.41) is 3.48. The zero-order valence-corrected chi connectivity index (χ0v) is 11.7. The van der Waals surface area contributed by atoms with E-state index in [1.165, 1.54) is 12.8 Å². The molecule has 2 nitrogen and oxygen atoms in total. The van der Waals surface area contributed by atoms with Crippen LogP contribution in [-0.2, 0) is 4.79 Å². The summed E-state index contributed by atoms with van der Waals surface area (Å²) < 4.78 is 0. The van der Waals surface area contributed by atoms with Crippen molar-refractivity contribution in [2.75, 3.05) is 0 Å². The summed E-state index contributed by atoms with van der Waals surface area (Å²) >= 11 is 0. The summed E-state index contributed by atoms with van der Waals surface area (Å²) in [7, 11) is 0. The van der Waals surface area contributed by atoms with Crippen LogP contribution in [0.3, 0.4) is 0 Å². The predicted octanol–water partition coefficient (Wildman–Crippen LogP) is 3.16. The predicted molar refractivity (Wildman–Crippen MR) is 68.5 cm³/mol. The molecule has 0 aromatic carbocycles. The highest BCUT2D eigenvalue weighted by Crippen LogP contribution is 2.35. The largest absolute Gasteiger partial charge is 0.303 e. The van der Waals surface area contributed by atoms with E-state index in [0.29, 0.717) is 5.78 Å². The van der Waals surface area contributed by atoms with E-state index in [-0.39, 0.29) is 17.0 Å². The molecule has 0 unspecified atom stereocenters. The van der Waals surface area contributed by atoms with Crippen LogP contribution in [0.1, 0.15) is 60.8 Å². The van der Waals surface area contributed by atoms with Crippen LogP contribution >= 0.6 is 0 Å². The van der Waals surface area contributed by atoms with Crippen molar-refractivity contribution in [2.24, 2.45) is 11.3 Å². The molecule has 1 N–H and O–H groups in total. The molecule has 0 aromatic rings. The third kappa shape index (κ3) is 4.65. The van der Waals surface area contributed by atoms with E-state index in [1.54, 1.807) is 0 Å². The van der Waals surface area contributed by atoms with Crippen LogP contribution < -0.4 is 5.32 Å². The number of rotatable bonds is 4. The Labute approximate surface area is 100 Å². The van der Waals surface area contributed by atoms with E-state index in [9.17, 15) is 4.79 Å². The fourth-order valence-electron chi connectivity index (χ4n) is 1.96. The van der Waals surface area contributed by atoms with Crippen LogP contribution in [0.25, 0.3) is 0 Å². The number of ketones is 1. The molecule has 0 amide bonds. The van der Waals surface area contributed by atoms with E-state index in [0.717, 1.165) is 12.3 Å². The second kappa shape index (κ2) is 4.48. The van der Waals surface area contributed by atoms with Crippen LogP contribution in [0.15, 0.2) is 0 Å². The molecule has 1 aliphatic carbocycles. The molecular formula is C14H27NO. The van der Waals surface area contributed by atoms with Gasteiger partial charge in [0.1, 0.15) is 0 Å². The first-order valence-corrected chi connectivity index (χ1v) is 6.41. The second-order valence-electron chi connectivity index (χ2n) is 7.24. The molecule has 16 heavy (non-hydrogen) atoms. The minimum Gasteiger partial charge on any atom is -0.303 e. The number of nitrogens with one attached hydrogen (secondary N) is 1. The smallest absolute Gasteiger partial charge is 0.155 e. The molecule has 0 spiro atoms. The van der Waals surface area contributed by atoms with E-state index in [1.807, 2.05) is 20.8 Å². The molecule has 1 atom stereocenters. The van der Waals surface area contributed by atoms with Crippen molar-refractivity contribution in [3.05, 3.63) is 0 Å². The molecule has 0 saturated heterocycles. The Balaban J connectivity index is 2.66. The molecule has 0 aliphatic heterocycles. The van der Waals surface area contributed by atoms with E-state index < -0.39 is 0 Å². The summed E-state index contributed by atoms with van der Waals surface area (Å²) in [6.45, 7) is 12.4. The number of carbonyl (C=O) groups excluding carboxylic acids is 1. The monoisotopic (exact) mass is 225 g/mol. The van der Waals surface area contributed by atoms with Gasteiger partial charge in [-0.05, 0) is 33.1 Å². The first kappa shape index (κ1) is 13.7. The van der Waals surface area contributed by atoms with Gasteiger partial charge in [0.05, 0.1) is 6.04 Å². The van der Waals surface area contributed by atoms with Gasteiger partial charge in [0.15, 0.2) is 5.78 Å². The van der Waals surface area contributed by atoms with Crippen LogP contribution in [0.5, 0.6) is 0 Å². The zero-order valence-electron chi connectivity index (χ0n) is 11.7. The van der Waals surface area contributed by atoms with Gasteiger partial charge in [-0.15, -0.1) is 0 Å². The summed E-state index contributed by atoms with van der Waals surface area (Å²) in [6.07, 6.45) is 3.63. The van der Waals surface area contributed by atoms with Gasteiger partial charge in [-0.2, -0.15) is 0 Å². The third-order valence-corrected chi connectivity index (χ3v) is 2.93. The van der Waals surface area contributed by atoms with Crippen LogP contribution in [0, 0.1) is 11.3 Å². The van der Waals surface area contributed by atoms with Gasteiger partial charge >= 0.3 is 0 Å². The Hall–Kier alpha value is -0.370. The number of carbonyl (C=O) groups is 1. The van der Waals surface area contributed by atoms with Gasteiger partial charge in [0.2, 0.25) is 0 Å². The van der Waals surface area contributed by atoms with Gasteiger partial charge in [-0.3, -0.25) is 4.79 Å². The Kier molecular flexibility index (Phi) is 3.83. The lowest BCUT2D eigenvalue weighted by Gasteiger charge is -2.31.